The second-order valence-electron chi connectivity index (χ2n) is 7.19. The topological polar surface area (TPSA) is 37.3 Å². The number of carboxylic acids is 1. The molecule has 0 aromatic rings. The van der Waals surface area contributed by atoms with Crippen molar-refractivity contribution in [2.45, 2.75) is 109 Å². The molecule has 1 atom stereocenters. The summed E-state index contributed by atoms with van der Waals surface area (Å²) in [7, 11) is 0. The van der Waals surface area contributed by atoms with Crippen molar-refractivity contribution in [1.82, 2.24) is 0 Å². The van der Waals surface area contributed by atoms with Gasteiger partial charge in [0.25, 0.3) is 0 Å². The lowest BCUT2D eigenvalue weighted by atomic mass is 9.98. The maximum Gasteiger partial charge on any atom is 0.306 e. The fraction of sp³-hybridized carbons (Fsp3) is 0.950. The van der Waals surface area contributed by atoms with Crippen molar-refractivity contribution in [2.24, 2.45) is 5.92 Å². The van der Waals surface area contributed by atoms with Crippen molar-refractivity contribution in [3.8, 4) is 0 Å². The molecule has 0 bridgehead atoms. The van der Waals surface area contributed by atoms with Gasteiger partial charge in [-0.05, 0) is 19.3 Å². The fourth-order valence-electron chi connectivity index (χ4n) is 3.16. The summed E-state index contributed by atoms with van der Waals surface area (Å²) in [5.74, 6) is -0.733. The summed E-state index contributed by atoms with van der Waals surface area (Å²) in [5.41, 5.74) is 0. The van der Waals surface area contributed by atoms with Crippen LogP contribution >= 0.6 is 67.8 Å². The Hall–Kier alpha value is 1.66. The molecule has 0 rings (SSSR count). The largest absolute Gasteiger partial charge is 0.481 e. The molecule has 0 spiro atoms. The molecule has 0 fully saturated rings. The third-order valence-corrected chi connectivity index (χ3v) is 6.47. The minimum atomic E-state index is -0.615. The summed E-state index contributed by atoms with van der Waals surface area (Å²) in [6.07, 6.45) is 20.4. The van der Waals surface area contributed by atoms with E-state index in [0.717, 1.165) is 19.3 Å². The molecule has 25 heavy (non-hydrogen) atoms. The molecular weight excluding hydrogens is 653 g/mol. The Labute approximate surface area is 196 Å². The van der Waals surface area contributed by atoms with Gasteiger partial charge in [0, 0.05) is 0 Å². The zero-order valence-corrected chi connectivity index (χ0v) is 22.4. The van der Waals surface area contributed by atoms with Crippen LogP contribution in [0, 0.1) is 5.92 Å². The van der Waals surface area contributed by atoms with Gasteiger partial charge < -0.3 is 5.11 Å². The average molecular weight is 690 g/mol. The molecule has 1 unspecified atom stereocenters. The molecule has 0 amide bonds. The first-order valence-corrected chi connectivity index (χ1v) is 13.4. The molecule has 0 radical (unpaired) electrons. The van der Waals surface area contributed by atoms with Gasteiger partial charge in [0.2, 0.25) is 0 Å². The van der Waals surface area contributed by atoms with Crippen molar-refractivity contribution in [1.29, 1.82) is 0 Å². The maximum atomic E-state index is 10.9. The average Bonchev–Trinajstić information content (AvgIpc) is 2.53. The summed E-state index contributed by atoms with van der Waals surface area (Å²) >= 11 is 7.59. The van der Waals surface area contributed by atoms with E-state index in [2.05, 4.69) is 67.8 Å². The van der Waals surface area contributed by atoms with Crippen molar-refractivity contribution < 1.29 is 9.90 Å². The van der Waals surface area contributed by atoms with Crippen LogP contribution in [-0.2, 0) is 4.79 Å². The number of aliphatic carboxylic acids is 1. The second-order valence-corrected chi connectivity index (χ2v) is 18.9. The van der Waals surface area contributed by atoms with Crippen molar-refractivity contribution >= 4 is 73.7 Å². The Morgan fingerprint density at radius 1 is 0.760 bits per heavy atom. The second kappa shape index (κ2) is 17.7. The summed E-state index contributed by atoms with van der Waals surface area (Å²) in [6.45, 7) is 1.98. The van der Waals surface area contributed by atoms with E-state index >= 15 is 0 Å². The van der Waals surface area contributed by atoms with Crippen LogP contribution in [0.15, 0.2) is 0 Å². The van der Waals surface area contributed by atoms with Gasteiger partial charge in [0.1, 0.15) is -0.565 Å². The summed E-state index contributed by atoms with van der Waals surface area (Å²) < 4.78 is 0.418. The van der Waals surface area contributed by atoms with Gasteiger partial charge in [-0.15, -0.1) is 0 Å². The Morgan fingerprint density at radius 3 is 1.44 bits per heavy atom. The van der Waals surface area contributed by atoms with Crippen molar-refractivity contribution in [3.05, 3.63) is 0 Å². The summed E-state index contributed by atoms with van der Waals surface area (Å²) in [5, 5.41) is 9.01. The molecule has 0 heterocycles. The molecule has 0 aliphatic rings. The van der Waals surface area contributed by atoms with Crippen LogP contribution < -0.4 is 0 Å². The van der Waals surface area contributed by atoms with E-state index in [1.165, 1.54) is 83.5 Å². The first-order chi connectivity index (χ1) is 11.9. The monoisotopic (exact) mass is 690 g/mol. The van der Waals surface area contributed by atoms with E-state index < -0.39 is 5.97 Å². The number of carboxylic acid groups (broad SMARTS) is 1. The predicted molar refractivity (Wildman–Crippen MR) is 135 cm³/mol. The van der Waals surface area contributed by atoms with Gasteiger partial charge in [0.15, 0.2) is 0 Å². The first kappa shape index (κ1) is 26.7. The van der Waals surface area contributed by atoms with E-state index in [0.29, 0.717) is -0.565 Å². The highest BCUT2D eigenvalue weighted by Crippen LogP contribution is 2.40. The van der Waals surface area contributed by atoms with Crippen LogP contribution in [0.25, 0.3) is 0 Å². The van der Waals surface area contributed by atoms with E-state index in [-0.39, 0.29) is 5.92 Å². The number of carbonyl (C=O) groups is 1. The summed E-state index contributed by atoms with van der Waals surface area (Å²) in [4.78, 5) is 10.9. The minimum Gasteiger partial charge on any atom is -0.481 e. The molecule has 5 heteroatoms. The van der Waals surface area contributed by atoms with E-state index in [4.69, 9.17) is 5.11 Å². The van der Waals surface area contributed by atoms with Gasteiger partial charge in [-0.3, -0.25) is 4.79 Å². The molecule has 0 aromatic heterocycles. The highest BCUT2D eigenvalue weighted by atomic mass is 127. The number of halogens is 3. The molecule has 0 saturated heterocycles. The van der Waals surface area contributed by atoms with E-state index in [9.17, 15) is 4.79 Å². The molecule has 2 nitrogen and oxygen atoms in total. The highest BCUT2D eigenvalue weighted by molar-refractivity contribution is 14.3. The summed E-state index contributed by atoms with van der Waals surface area (Å²) in [6, 6.07) is 0. The van der Waals surface area contributed by atoms with E-state index in [1.54, 1.807) is 0 Å². The zero-order valence-electron chi connectivity index (χ0n) is 15.9. The fourth-order valence-corrected chi connectivity index (χ4v) is 4.31. The quantitative estimate of drug-likeness (QED) is 0.0887. The lowest BCUT2D eigenvalue weighted by molar-refractivity contribution is -0.142. The predicted octanol–water partition coefficient (Wildman–Crippen LogP) is 8.91. The lowest BCUT2D eigenvalue weighted by Crippen LogP contribution is -2.12. The van der Waals surface area contributed by atoms with Gasteiger partial charge >= 0.3 is 5.97 Å². The van der Waals surface area contributed by atoms with Crippen LogP contribution in [-0.4, -0.2) is 10.5 Å². The lowest BCUT2D eigenvalue weighted by Gasteiger charge is -2.11. The number of unbranched alkanes of at least 4 members (excludes halogenated alkanes) is 12. The highest BCUT2D eigenvalue weighted by Gasteiger charge is 2.15. The SMILES string of the molecule is CCC(CCCCCCCCCCCCCCCC(I)(I)I)C(=O)O. The number of hydrogen-bond acceptors (Lipinski definition) is 1. The van der Waals surface area contributed by atoms with Crippen LogP contribution in [0.4, 0.5) is 0 Å². The number of alkyl halides is 3. The first-order valence-electron chi connectivity index (χ1n) is 10.2. The van der Waals surface area contributed by atoms with Crippen molar-refractivity contribution in [2.75, 3.05) is 0 Å². The molecule has 0 aliphatic heterocycles. The molecule has 1 N–H and O–H groups in total. The van der Waals surface area contributed by atoms with Crippen LogP contribution in [0.3, 0.4) is 0 Å². The standard InChI is InChI=1S/C20H37I3O2/c1-2-18(19(24)25)16-14-12-10-8-6-4-3-5-7-9-11-13-15-17-20(21,22)23/h18H,2-17H2,1H3,(H,24,25). The van der Waals surface area contributed by atoms with Gasteiger partial charge in [-0.25, -0.2) is 0 Å². The van der Waals surface area contributed by atoms with E-state index in [1.807, 2.05) is 6.92 Å². The Bertz CT molecular complexity index is 317. The van der Waals surface area contributed by atoms with Crippen LogP contribution in [0.1, 0.15) is 110 Å². The Morgan fingerprint density at radius 2 is 1.12 bits per heavy atom. The van der Waals surface area contributed by atoms with Gasteiger partial charge in [0.05, 0.1) is 5.92 Å². The molecule has 0 saturated carbocycles. The number of hydrogen-bond donors (Lipinski definition) is 1. The van der Waals surface area contributed by atoms with Gasteiger partial charge in [-0.1, -0.05) is 158 Å². The van der Waals surface area contributed by atoms with Crippen LogP contribution in [0.2, 0.25) is 0 Å². The smallest absolute Gasteiger partial charge is 0.306 e. The third-order valence-electron chi connectivity index (χ3n) is 4.85. The van der Waals surface area contributed by atoms with Gasteiger partial charge in [-0.2, -0.15) is 0 Å². The Balaban J connectivity index is 3.18. The van der Waals surface area contributed by atoms with Crippen LogP contribution in [0.5, 0.6) is 0 Å². The minimum absolute atomic E-state index is 0.118. The maximum absolute atomic E-state index is 10.9. The zero-order chi connectivity index (χ0) is 19.0. The molecule has 0 aromatic carbocycles. The molecule has 0 aliphatic carbocycles. The normalized spacial score (nSPS) is 13.1. The molecular formula is C20H37I3O2. The Kier molecular flexibility index (Phi) is 18.9. The molecule has 150 valence electrons. The number of rotatable bonds is 18. The van der Waals surface area contributed by atoms with Crippen molar-refractivity contribution in [3.63, 3.8) is 0 Å². The third kappa shape index (κ3) is 20.2.